The largest absolute Gasteiger partial charge is 0.491 e. The Morgan fingerprint density at radius 2 is 1.75 bits per heavy atom. The summed E-state index contributed by atoms with van der Waals surface area (Å²) in [5.74, 6) is 6.56. The molecule has 3 unspecified atom stereocenters. The first kappa shape index (κ1) is 36.8. The molecule has 0 bridgehead atoms. The summed E-state index contributed by atoms with van der Waals surface area (Å²) in [6, 6.07) is 18.7. The standard InChI is InChI=1S/C39H47ClN8O4S/c1-39(2,3)34-24-36(48(45-34)32-23-26(13-15-30(32)40)50-21-22-51-53(4)5)42-37(49)41-31-16-17-33(29-12-8-7-11-28(29)31)52-27-14-18-35-43-44-38(47(35)25-27)46-19-9-6-10-20-46/h7-8,11-15,18,23-25,31,33H,4,6,9-10,16-17,19-22H2,1-3,5H3,(H2,41,42,49). The van der Waals surface area contributed by atoms with Crippen molar-refractivity contribution in [3.8, 4) is 17.2 Å². The van der Waals surface area contributed by atoms with Gasteiger partial charge in [-0.15, -0.1) is 10.2 Å². The number of urea groups is 1. The number of aromatic nitrogens is 5. The predicted molar refractivity (Wildman–Crippen MR) is 212 cm³/mol. The molecular weight excluding hydrogens is 712 g/mol. The molecule has 0 radical (unpaired) electrons. The lowest BCUT2D eigenvalue weighted by molar-refractivity contribution is 0.171. The molecule has 7 rings (SSSR count). The lowest BCUT2D eigenvalue weighted by atomic mass is 9.85. The second kappa shape index (κ2) is 15.8. The lowest BCUT2D eigenvalue weighted by Crippen LogP contribution is -2.36. The Morgan fingerprint density at radius 1 is 0.981 bits per heavy atom. The number of amides is 2. The van der Waals surface area contributed by atoms with Crippen molar-refractivity contribution in [2.45, 2.75) is 70.4 Å². The average Bonchev–Trinajstić information content (AvgIpc) is 3.76. The van der Waals surface area contributed by atoms with E-state index in [2.05, 4.69) is 64.5 Å². The number of carbonyl (C=O) groups excluding carboxylic acids is 1. The molecule has 14 heteroatoms. The highest BCUT2D eigenvalue weighted by Gasteiger charge is 2.30. The molecule has 3 aromatic heterocycles. The number of piperidine rings is 1. The number of nitrogens with one attached hydrogen (secondary N) is 2. The van der Waals surface area contributed by atoms with Gasteiger partial charge in [-0.3, -0.25) is 9.72 Å². The predicted octanol–water partition coefficient (Wildman–Crippen LogP) is 8.27. The van der Waals surface area contributed by atoms with Gasteiger partial charge in [-0.2, -0.15) is 5.10 Å². The zero-order chi connectivity index (χ0) is 37.1. The second-order valence-corrected chi connectivity index (χ2v) is 16.3. The van der Waals surface area contributed by atoms with Crippen molar-refractivity contribution in [1.82, 2.24) is 29.7 Å². The van der Waals surface area contributed by atoms with Gasteiger partial charge in [0.15, 0.2) is 5.65 Å². The van der Waals surface area contributed by atoms with Crippen LogP contribution in [0, 0.1) is 0 Å². The first-order valence-corrected chi connectivity index (χ1v) is 20.2. The van der Waals surface area contributed by atoms with E-state index >= 15 is 0 Å². The normalized spacial score (nSPS) is 18.0. The smallest absolute Gasteiger partial charge is 0.320 e. The number of hydrogen-bond acceptors (Lipinski definition) is 8. The summed E-state index contributed by atoms with van der Waals surface area (Å²) in [6.45, 7) is 8.96. The van der Waals surface area contributed by atoms with Crippen molar-refractivity contribution in [1.29, 1.82) is 0 Å². The molecule has 12 nitrogen and oxygen atoms in total. The van der Waals surface area contributed by atoms with Gasteiger partial charge in [0.1, 0.15) is 30.0 Å². The molecular formula is C39H47ClN8O4S. The van der Waals surface area contributed by atoms with E-state index < -0.39 is 0 Å². The van der Waals surface area contributed by atoms with Crippen molar-refractivity contribution < 1.29 is 18.5 Å². The number of benzene rings is 2. The monoisotopic (exact) mass is 758 g/mol. The molecule has 1 aliphatic heterocycles. The molecule has 280 valence electrons. The SMILES string of the molecule is C=S(C)OCCOc1ccc(Cl)c(-n2nc(C(C)(C)C)cc2NC(=O)NC2CCC(Oc3ccc4nnc(N5CCCCC5)n4c3)c3ccccc32)c1. The van der Waals surface area contributed by atoms with E-state index in [0.29, 0.717) is 41.9 Å². The van der Waals surface area contributed by atoms with Crippen LogP contribution in [0.3, 0.4) is 0 Å². The summed E-state index contributed by atoms with van der Waals surface area (Å²) in [5.41, 5.74) is 3.95. The molecule has 2 N–H and O–H groups in total. The second-order valence-electron chi connectivity index (χ2n) is 14.5. The number of nitrogens with zero attached hydrogens (tertiary/aromatic N) is 6. The maximum Gasteiger partial charge on any atom is 0.320 e. The molecule has 0 spiro atoms. The molecule has 1 saturated heterocycles. The Labute approximate surface area is 317 Å². The van der Waals surface area contributed by atoms with E-state index in [-0.39, 0.29) is 34.4 Å². The number of anilines is 2. The Hall–Kier alpha value is -4.59. The van der Waals surface area contributed by atoms with Crippen LogP contribution in [-0.4, -0.2) is 68.8 Å². The van der Waals surface area contributed by atoms with Gasteiger partial charge in [-0.05, 0) is 67.5 Å². The fourth-order valence-corrected chi connectivity index (χ4v) is 7.39. The average molecular weight is 759 g/mol. The van der Waals surface area contributed by atoms with Crippen molar-refractivity contribution in [2.24, 2.45) is 0 Å². The summed E-state index contributed by atoms with van der Waals surface area (Å²) < 4.78 is 21.8. The Bertz CT molecular complexity index is 2100. The summed E-state index contributed by atoms with van der Waals surface area (Å²) >= 11 is 6.72. The van der Waals surface area contributed by atoms with Crippen LogP contribution in [-0.2, 0) is 9.60 Å². The fraction of sp³-hybridized carbons (Fsp3) is 0.410. The van der Waals surface area contributed by atoms with Gasteiger partial charge >= 0.3 is 6.03 Å². The maximum atomic E-state index is 13.8. The molecule has 2 aromatic carbocycles. The zero-order valence-corrected chi connectivity index (χ0v) is 32.3. The lowest BCUT2D eigenvalue weighted by Gasteiger charge is -2.32. The number of hydrogen-bond donors (Lipinski definition) is 2. The van der Waals surface area contributed by atoms with E-state index in [9.17, 15) is 4.79 Å². The van der Waals surface area contributed by atoms with Crippen LogP contribution in [0.15, 0.2) is 66.9 Å². The van der Waals surface area contributed by atoms with Crippen LogP contribution >= 0.6 is 22.4 Å². The van der Waals surface area contributed by atoms with Crippen molar-refractivity contribution in [2.75, 3.05) is 42.8 Å². The third-order valence-corrected chi connectivity index (χ3v) is 10.4. The molecule has 2 amide bonds. The minimum absolute atomic E-state index is 0.180. The van der Waals surface area contributed by atoms with Crippen LogP contribution in [0.1, 0.15) is 81.8 Å². The van der Waals surface area contributed by atoms with Crippen molar-refractivity contribution in [3.63, 3.8) is 0 Å². The molecule has 1 fully saturated rings. The van der Waals surface area contributed by atoms with Crippen LogP contribution in [0.25, 0.3) is 11.3 Å². The fourth-order valence-electron chi connectivity index (χ4n) is 6.84. The van der Waals surface area contributed by atoms with E-state index in [1.54, 1.807) is 16.8 Å². The van der Waals surface area contributed by atoms with E-state index in [1.165, 1.54) is 6.42 Å². The molecule has 4 heterocycles. The molecule has 3 atom stereocenters. The highest BCUT2D eigenvalue weighted by atomic mass is 35.5. The van der Waals surface area contributed by atoms with Gasteiger partial charge in [0.25, 0.3) is 0 Å². The first-order chi connectivity index (χ1) is 25.5. The van der Waals surface area contributed by atoms with Gasteiger partial charge in [-0.1, -0.05) is 73.3 Å². The zero-order valence-electron chi connectivity index (χ0n) is 30.7. The number of rotatable bonds is 11. The third-order valence-electron chi connectivity index (χ3n) is 9.52. The third kappa shape index (κ3) is 8.47. The molecule has 1 aliphatic carbocycles. The van der Waals surface area contributed by atoms with Crippen LogP contribution in [0.5, 0.6) is 11.5 Å². The molecule has 53 heavy (non-hydrogen) atoms. The topological polar surface area (TPSA) is 120 Å². The van der Waals surface area contributed by atoms with Gasteiger partial charge in [0, 0.05) is 36.9 Å². The summed E-state index contributed by atoms with van der Waals surface area (Å²) in [5, 5.41) is 20.5. The Morgan fingerprint density at radius 3 is 2.53 bits per heavy atom. The van der Waals surface area contributed by atoms with Gasteiger partial charge < -0.3 is 23.9 Å². The highest BCUT2D eigenvalue weighted by molar-refractivity contribution is 8.09. The number of ether oxygens (including phenoxy) is 2. The number of carbonyl (C=O) groups is 1. The van der Waals surface area contributed by atoms with Crippen molar-refractivity contribution >= 4 is 51.7 Å². The van der Waals surface area contributed by atoms with Crippen molar-refractivity contribution in [3.05, 3.63) is 88.7 Å². The van der Waals surface area contributed by atoms with Gasteiger partial charge in [0.2, 0.25) is 5.95 Å². The minimum Gasteiger partial charge on any atom is -0.491 e. The van der Waals surface area contributed by atoms with E-state index in [1.807, 2.05) is 53.3 Å². The maximum absolute atomic E-state index is 13.8. The summed E-state index contributed by atoms with van der Waals surface area (Å²) in [7, 11) is -0.380. The van der Waals surface area contributed by atoms with E-state index in [4.69, 9.17) is 30.4 Å². The van der Waals surface area contributed by atoms with Gasteiger partial charge in [-0.25, -0.2) is 9.48 Å². The highest BCUT2D eigenvalue weighted by Crippen LogP contribution is 2.39. The minimum atomic E-state index is -0.380. The quantitative estimate of drug-likeness (QED) is 0.102. The van der Waals surface area contributed by atoms with Gasteiger partial charge in [0.05, 0.1) is 35.2 Å². The van der Waals surface area contributed by atoms with Crippen LogP contribution < -0.4 is 25.0 Å². The Balaban J connectivity index is 1.07. The first-order valence-electron chi connectivity index (χ1n) is 18.1. The Kier molecular flexibility index (Phi) is 11.0. The molecule has 2 aliphatic rings. The summed E-state index contributed by atoms with van der Waals surface area (Å²) in [6.07, 6.45) is 8.68. The molecule has 0 saturated carbocycles. The summed E-state index contributed by atoms with van der Waals surface area (Å²) in [4.78, 5) is 16.1. The number of halogens is 1. The number of pyridine rings is 1. The van der Waals surface area contributed by atoms with E-state index in [0.717, 1.165) is 66.5 Å². The van der Waals surface area contributed by atoms with Crippen LogP contribution in [0.4, 0.5) is 16.6 Å². The molecule has 5 aromatic rings. The van der Waals surface area contributed by atoms with Crippen LogP contribution in [0.2, 0.25) is 5.02 Å². The number of fused-ring (bicyclic) bond motifs is 2.